The lowest BCUT2D eigenvalue weighted by molar-refractivity contribution is -0.886. The average molecular weight is 381 g/mol. The first-order chi connectivity index (χ1) is 13.5. The molecule has 1 aliphatic rings. The van der Waals surface area contributed by atoms with Gasteiger partial charge < -0.3 is 14.2 Å². The molecule has 0 saturated heterocycles. The van der Waals surface area contributed by atoms with Crippen LogP contribution in [0.1, 0.15) is 40.2 Å². The maximum atomic E-state index is 12.9. The lowest BCUT2D eigenvalue weighted by Crippen LogP contribution is -3.13. The molecule has 3 rings (SSSR count). The van der Waals surface area contributed by atoms with Crippen LogP contribution in [0.2, 0.25) is 0 Å². The second-order valence-corrected chi connectivity index (χ2v) is 7.41. The Labute approximate surface area is 166 Å². The molecule has 1 aromatic carbocycles. The van der Waals surface area contributed by atoms with Crippen molar-refractivity contribution >= 4 is 17.3 Å². The van der Waals surface area contributed by atoms with Crippen LogP contribution in [0.5, 0.6) is 0 Å². The molecule has 1 aliphatic heterocycles. The molecule has 1 atom stereocenters. The number of rotatable bonds is 7. The fourth-order valence-electron chi connectivity index (χ4n) is 3.91. The number of nitrogens with one attached hydrogen (secondary N) is 1. The van der Waals surface area contributed by atoms with Crippen LogP contribution in [-0.2, 0) is 16.1 Å². The Morgan fingerprint density at radius 2 is 1.93 bits per heavy atom. The van der Waals surface area contributed by atoms with E-state index in [9.17, 15) is 9.59 Å². The number of Topliss-reactive ketones (excluding diaryl/α,β-unsaturated/α-hetero) is 1. The molecule has 0 bridgehead atoms. The summed E-state index contributed by atoms with van der Waals surface area (Å²) in [6.45, 7) is 6.81. The number of benzene rings is 1. The molecule has 148 valence electrons. The standard InChI is InChI=1S/C23H28N2O3/c1-17-15-21(18(2)25(17)14-11-23(27)28-3)22(26)16-24-12-9-20(10-13-24)19-7-5-4-6-8-19/h4-9,15H,10-14,16H2,1-3H3/p+1. The van der Waals surface area contributed by atoms with Gasteiger partial charge in [0.25, 0.3) is 0 Å². The monoisotopic (exact) mass is 381 g/mol. The van der Waals surface area contributed by atoms with Crippen LogP contribution in [0.15, 0.2) is 42.5 Å². The molecule has 0 aliphatic carbocycles. The van der Waals surface area contributed by atoms with Crippen molar-refractivity contribution in [3.8, 4) is 0 Å². The van der Waals surface area contributed by atoms with E-state index in [-0.39, 0.29) is 11.8 Å². The molecule has 0 spiro atoms. The summed E-state index contributed by atoms with van der Waals surface area (Å²) in [6.07, 6.45) is 3.57. The first kappa shape index (κ1) is 20.1. The van der Waals surface area contributed by atoms with Gasteiger partial charge in [-0.05, 0) is 37.1 Å². The zero-order chi connectivity index (χ0) is 20.1. The van der Waals surface area contributed by atoms with E-state index in [0.717, 1.165) is 36.5 Å². The summed E-state index contributed by atoms with van der Waals surface area (Å²) in [4.78, 5) is 25.6. The van der Waals surface area contributed by atoms with Crippen LogP contribution in [0.25, 0.3) is 5.57 Å². The number of hydrogen-bond donors (Lipinski definition) is 1. The summed E-state index contributed by atoms with van der Waals surface area (Å²) in [5, 5.41) is 0. The number of hydrogen-bond acceptors (Lipinski definition) is 3. The molecule has 2 heterocycles. The minimum Gasteiger partial charge on any atom is -0.469 e. The van der Waals surface area contributed by atoms with Crippen LogP contribution in [-0.4, -0.2) is 43.1 Å². The third kappa shape index (κ3) is 4.60. The predicted octanol–water partition coefficient (Wildman–Crippen LogP) is 2.22. The molecule has 0 saturated carbocycles. The van der Waals surface area contributed by atoms with Crippen LogP contribution in [0.4, 0.5) is 0 Å². The first-order valence-corrected chi connectivity index (χ1v) is 9.84. The van der Waals surface area contributed by atoms with Crippen LogP contribution < -0.4 is 4.90 Å². The highest BCUT2D eigenvalue weighted by atomic mass is 16.5. The van der Waals surface area contributed by atoms with Gasteiger partial charge in [0, 0.05) is 29.9 Å². The van der Waals surface area contributed by atoms with E-state index in [1.807, 2.05) is 30.5 Å². The Morgan fingerprint density at radius 1 is 1.18 bits per heavy atom. The topological polar surface area (TPSA) is 52.7 Å². The summed E-state index contributed by atoms with van der Waals surface area (Å²) in [7, 11) is 1.39. The minimum absolute atomic E-state index is 0.170. The Hall–Kier alpha value is -2.66. The van der Waals surface area contributed by atoms with Gasteiger partial charge in [-0.1, -0.05) is 30.3 Å². The van der Waals surface area contributed by atoms with Crippen LogP contribution >= 0.6 is 0 Å². The van der Waals surface area contributed by atoms with Gasteiger partial charge in [-0.3, -0.25) is 9.59 Å². The van der Waals surface area contributed by atoms with E-state index in [1.165, 1.54) is 23.1 Å². The number of nitrogens with zero attached hydrogens (tertiary/aromatic N) is 1. The third-order valence-electron chi connectivity index (χ3n) is 5.58. The molecule has 1 aromatic heterocycles. The smallest absolute Gasteiger partial charge is 0.307 e. The van der Waals surface area contributed by atoms with E-state index in [0.29, 0.717) is 19.5 Å². The van der Waals surface area contributed by atoms with Gasteiger partial charge in [0.15, 0.2) is 0 Å². The molecule has 0 amide bonds. The molecule has 0 radical (unpaired) electrons. The quantitative estimate of drug-likeness (QED) is 0.591. The highest BCUT2D eigenvalue weighted by Gasteiger charge is 2.23. The van der Waals surface area contributed by atoms with Gasteiger partial charge in [-0.25, -0.2) is 0 Å². The van der Waals surface area contributed by atoms with Gasteiger partial charge in [-0.2, -0.15) is 0 Å². The lowest BCUT2D eigenvalue weighted by Gasteiger charge is -2.23. The molecule has 5 nitrogen and oxygen atoms in total. The Kier molecular flexibility index (Phi) is 6.47. The Bertz CT molecular complexity index is 881. The first-order valence-electron chi connectivity index (χ1n) is 9.84. The average Bonchev–Trinajstić information content (AvgIpc) is 3.01. The number of quaternary nitrogens is 1. The van der Waals surface area contributed by atoms with Crippen molar-refractivity contribution in [2.24, 2.45) is 0 Å². The zero-order valence-corrected chi connectivity index (χ0v) is 17.0. The number of aromatic nitrogens is 1. The van der Waals surface area contributed by atoms with E-state index >= 15 is 0 Å². The maximum Gasteiger partial charge on any atom is 0.307 e. The van der Waals surface area contributed by atoms with Crippen molar-refractivity contribution in [1.29, 1.82) is 0 Å². The number of methoxy groups -OCH3 is 1. The number of esters is 1. The van der Waals surface area contributed by atoms with Crippen molar-refractivity contribution in [2.75, 3.05) is 26.7 Å². The fraction of sp³-hybridized carbons (Fsp3) is 0.391. The fourth-order valence-corrected chi connectivity index (χ4v) is 3.91. The number of aryl methyl sites for hydroxylation is 1. The maximum absolute atomic E-state index is 12.9. The summed E-state index contributed by atoms with van der Waals surface area (Å²) in [5.41, 5.74) is 5.36. The molecule has 28 heavy (non-hydrogen) atoms. The highest BCUT2D eigenvalue weighted by Crippen LogP contribution is 2.18. The van der Waals surface area contributed by atoms with Crippen molar-refractivity contribution in [3.63, 3.8) is 0 Å². The minimum atomic E-state index is -0.237. The second-order valence-electron chi connectivity index (χ2n) is 7.41. The lowest BCUT2D eigenvalue weighted by atomic mass is 9.99. The third-order valence-corrected chi connectivity index (χ3v) is 5.58. The van der Waals surface area contributed by atoms with Gasteiger partial charge in [-0.15, -0.1) is 0 Å². The van der Waals surface area contributed by atoms with Gasteiger partial charge in [0.1, 0.15) is 6.54 Å². The van der Waals surface area contributed by atoms with Crippen molar-refractivity contribution in [3.05, 3.63) is 65.0 Å². The molecular weight excluding hydrogens is 352 g/mol. The normalized spacial score (nSPS) is 16.5. The highest BCUT2D eigenvalue weighted by molar-refractivity contribution is 5.98. The van der Waals surface area contributed by atoms with E-state index in [4.69, 9.17) is 4.74 Å². The number of ether oxygens (including phenoxy) is 1. The largest absolute Gasteiger partial charge is 0.469 e. The number of carbonyl (C=O) groups is 2. The molecule has 5 heteroatoms. The summed E-state index contributed by atoms with van der Waals surface area (Å²) in [6, 6.07) is 12.4. The zero-order valence-electron chi connectivity index (χ0n) is 17.0. The Balaban J connectivity index is 1.63. The summed E-state index contributed by atoms with van der Waals surface area (Å²) >= 11 is 0. The molecular formula is C23H29N2O3+. The molecule has 0 fully saturated rings. The number of ketones is 1. The van der Waals surface area contributed by atoms with Crippen LogP contribution in [0, 0.1) is 13.8 Å². The van der Waals surface area contributed by atoms with E-state index < -0.39 is 0 Å². The molecule has 1 unspecified atom stereocenters. The molecule has 2 aromatic rings. The summed E-state index contributed by atoms with van der Waals surface area (Å²) < 4.78 is 6.75. The van der Waals surface area contributed by atoms with Crippen molar-refractivity contribution in [2.45, 2.75) is 33.2 Å². The second kappa shape index (κ2) is 9.02. The molecule has 1 N–H and O–H groups in total. The van der Waals surface area contributed by atoms with Crippen LogP contribution in [0.3, 0.4) is 0 Å². The van der Waals surface area contributed by atoms with Gasteiger partial charge in [0.2, 0.25) is 5.78 Å². The predicted molar refractivity (Wildman–Crippen MR) is 109 cm³/mol. The van der Waals surface area contributed by atoms with Gasteiger partial charge >= 0.3 is 5.97 Å². The van der Waals surface area contributed by atoms with E-state index in [2.05, 4.69) is 30.3 Å². The summed E-state index contributed by atoms with van der Waals surface area (Å²) in [5.74, 6) is -0.0666. The van der Waals surface area contributed by atoms with Crippen molar-refractivity contribution < 1.29 is 19.2 Å². The van der Waals surface area contributed by atoms with Gasteiger partial charge in [0.05, 0.1) is 26.6 Å². The SMILES string of the molecule is COC(=O)CCn1c(C)cc(C(=O)C[NH+]2CC=C(c3ccccc3)CC2)c1C. The van der Waals surface area contributed by atoms with Crippen molar-refractivity contribution in [1.82, 2.24) is 4.57 Å². The van der Waals surface area contributed by atoms with E-state index in [1.54, 1.807) is 0 Å². The number of carbonyl (C=O) groups excluding carboxylic acids is 2. The Morgan fingerprint density at radius 3 is 2.57 bits per heavy atom.